The smallest absolute Gasteiger partial charge is 0.337 e. The molecule has 0 aliphatic carbocycles. The van der Waals surface area contributed by atoms with Gasteiger partial charge in [-0.15, -0.1) is 6.58 Å². The molecule has 1 aromatic heterocycles. The number of aromatic carboxylic acids is 1. The number of nitrogens with one attached hydrogen (secondary N) is 1. The first kappa shape index (κ1) is 12.9. The highest BCUT2D eigenvalue weighted by atomic mass is 16.4. The molecule has 0 saturated carbocycles. The van der Waals surface area contributed by atoms with Gasteiger partial charge in [0, 0.05) is 18.1 Å². The van der Waals surface area contributed by atoms with Crippen LogP contribution in [0.25, 0.3) is 10.9 Å². The summed E-state index contributed by atoms with van der Waals surface area (Å²) in [5, 5.41) is 12.6. The summed E-state index contributed by atoms with van der Waals surface area (Å²) >= 11 is 0. The van der Waals surface area contributed by atoms with Crippen molar-refractivity contribution < 1.29 is 14.7 Å². The summed E-state index contributed by atoms with van der Waals surface area (Å²) in [5.41, 5.74) is 0.753. The monoisotopic (exact) mass is 258 g/mol. The lowest BCUT2D eigenvalue weighted by Gasteiger charge is -2.07. The number of nitrogens with zero attached hydrogens (tertiary/aromatic N) is 1. The Bertz CT molecular complexity index is 643. The molecule has 0 unspecified atom stereocenters. The number of carboxylic acid groups (broad SMARTS) is 1. The van der Waals surface area contributed by atoms with Crippen LogP contribution in [-0.2, 0) is 11.3 Å². The predicted octanol–water partition coefficient (Wildman–Crippen LogP) is 1.64. The van der Waals surface area contributed by atoms with Crippen LogP contribution >= 0.6 is 0 Å². The fraction of sp³-hybridized carbons (Fsp3) is 0.143. The van der Waals surface area contributed by atoms with E-state index in [1.54, 1.807) is 29.0 Å². The maximum absolute atomic E-state index is 11.7. The Morgan fingerprint density at radius 3 is 2.84 bits per heavy atom. The first-order chi connectivity index (χ1) is 9.13. The molecule has 1 amide bonds. The number of carboxylic acids is 1. The van der Waals surface area contributed by atoms with Gasteiger partial charge in [-0.2, -0.15) is 0 Å². The van der Waals surface area contributed by atoms with Crippen molar-refractivity contribution in [3.8, 4) is 0 Å². The minimum atomic E-state index is -1.00. The van der Waals surface area contributed by atoms with Crippen LogP contribution in [0, 0.1) is 0 Å². The van der Waals surface area contributed by atoms with Crippen LogP contribution in [0.4, 0.5) is 0 Å². The van der Waals surface area contributed by atoms with E-state index in [0.29, 0.717) is 12.1 Å². The third-order valence-electron chi connectivity index (χ3n) is 2.78. The second kappa shape index (κ2) is 5.39. The van der Waals surface area contributed by atoms with E-state index in [9.17, 15) is 14.7 Å². The number of rotatable bonds is 5. The van der Waals surface area contributed by atoms with Crippen molar-refractivity contribution in [3.63, 3.8) is 0 Å². The van der Waals surface area contributed by atoms with Crippen molar-refractivity contribution >= 4 is 22.8 Å². The number of aromatic nitrogens is 1. The number of carbonyl (C=O) groups excluding carboxylic acids is 1. The van der Waals surface area contributed by atoms with E-state index >= 15 is 0 Å². The van der Waals surface area contributed by atoms with Crippen LogP contribution in [0.2, 0.25) is 0 Å². The number of para-hydroxylation sites is 1. The SMILES string of the molecule is C=CCNC(=O)Cn1ccc2cccc(C(=O)O)c21. The zero-order chi connectivity index (χ0) is 13.8. The Labute approximate surface area is 110 Å². The first-order valence-corrected chi connectivity index (χ1v) is 5.82. The third kappa shape index (κ3) is 2.65. The molecule has 1 aromatic carbocycles. The van der Waals surface area contributed by atoms with Gasteiger partial charge in [0.15, 0.2) is 0 Å². The van der Waals surface area contributed by atoms with E-state index in [-0.39, 0.29) is 18.0 Å². The molecule has 0 radical (unpaired) electrons. The van der Waals surface area contributed by atoms with Crippen LogP contribution in [-0.4, -0.2) is 28.1 Å². The number of fused-ring (bicyclic) bond motifs is 1. The lowest BCUT2D eigenvalue weighted by atomic mass is 10.1. The highest BCUT2D eigenvalue weighted by molar-refractivity contribution is 6.02. The summed E-state index contributed by atoms with van der Waals surface area (Å²) in [7, 11) is 0. The van der Waals surface area contributed by atoms with Gasteiger partial charge < -0.3 is 15.0 Å². The second-order valence-corrected chi connectivity index (χ2v) is 4.08. The normalized spacial score (nSPS) is 10.3. The van der Waals surface area contributed by atoms with Gasteiger partial charge in [-0.3, -0.25) is 4.79 Å². The largest absolute Gasteiger partial charge is 0.478 e. The quantitative estimate of drug-likeness (QED) is 0.801. The maximum atomic E-state index is 11.7. The van der Waals surface area contributed by atoms with Gasteiger partial charge in [-0.25, -0.2) is 4.79 Å². The fourth-order valence-corrected chi connectivity index (χ4v) is 1.96. The highest BCUT2D eigenvalue weighted by Crippen LogP contribution is 2.20. The standard InChI is InChI=1S/C14H14N2O3/c1-2-7-15-12(17)9-16-8-6-10-4-3-5-11(13(10)16)14(18)19/h2-6,8H,1,7,9H2,(H,15,17)(H,18,19). The van der Waals surface area contributed by atoms with Gasteiger partial charge in [0.1, 0.15) is 6.54 Å². The summed E-state index contributed by atoms with van der Waals surface area (Å²) in [4.78, 5) is 22.9. The summed E-state index contributed by atoms with van der Waals surface area (Å²) in [5.74, 6) is -1.19. The van der Waals surface area contributed by atoms with E-state index in [1.807, 2.05) is 6.07 Å². The van der Waals surface area contributed by atoms with E-state index < -0.39 is 5.97 Å². The van der Waals surface area contributed by atoms with Gasteiger partial charge in [0.2, 0.25) is 5.91 Å². The number of benzene rings is 1. The van der Waals surface area contributed by atoms with E-state index in [4.69, 9.17) is 0 Å². The molecule has 0 fully saturated rings. The van der Waals surface area contributed by atoms with Crippen LogP contribution in [0.5, 0.6) is 0 Å². The first-order valence-electron chi connectivity index (χ1n) is 5.82. The van der Waals surface area contributed by atoms with Crippen LogP contribution < -0.4 is 5.32 Å². The lowest BCUT2D eigenvalue weighted by Crippen LogP contribution is -2.27. The molecular formula is C14H14N2O3. The minimum Gasteiger partial charge on any atom is -0.478 e. The van der Waals surface area contributed by atoms with Crippen molar-refractivity contribution in [2.75, 3.05) is 6.54 Å². The number of amides is 1. The van der Waals surface area contributed by atoms with Crippen molar-refractivity contribution in [3.05, 3.63) is 48.7 Å². The minimum absolute atomic E-state index is 0.0850. The van der Waals surface area contributed by atoms with Gasteiger partial charge in [0.25, 0.3) is 0 Å². The van der Waals surface area contributed by atoms with Crippen molar-refractivity contribution in [1.82, 2.24) is 9.88 Å². The molecule has 2 rings (SSSR count). The highest BCUT2D eigenvalue weighted by Gasteiger charge is 2.13. The van der Waals surface area contributed by atoms with Crippen LogP contribution in [0.3, 0.4) is 0 Å². The maximum Gasteiger partial charge on any atom is 0.337 e. The van der Waals surface area contributed by atoms with Crippen molar-refractivity contribution in [1.29, 1.82) is 0 Å². The van der Waals surface area contributed by atoms with Gasteiger partial charge in [-0.05, 0) is 12.1 Å². The summed E-state index contributed by atoms with van der Waals surface area (Å²) in [6, 6.07) is 6.83. The van der Waals surface area contributed by atoms with E-state index in [1.165, 1.54) is 6.07 Å². The third-order valence-corrected chi connectivity index (χ3v) is 2.78. The van der Waals surface area contributed by atoms with E-state index in [2.05, 4.69) is 11.9 Å². The molecular weight excluding hydrogens is 244 g/mol. The molecule has 5 nitrogen and oxygen atoms in total. The Kier molecular flexibility index (Phi) is 3.66. The van der Waals surface area contributed by atoms with E-state index in [0.717, 1.165) is 5.39 Å². The molecule has 0 saturated heterocycles. The van der Waals surface area contributed by atoms with Crippen molar-refractivity contribution in [2.45, 2.75) is 6.54 Å². The molecule has 0 aliphatic heterocycles. The summed E-state index contributed by atoms with van der Waals surface area (Å²) in [6.45, 7) is 4.00. The Balaban J connectivity index is 2.36. The molecule has 0 atom stereocenters. The molecule has 5 heteroatoms. The summed E-state index contributed by atoms with van der Waals surface area (Å²) < 4.78 is 1.64. The molecule has 2 N–H and O–H groups in total. The molecule has 0 aliphatic rings. The topological polar surface area (TPSA) is 71.3 Å². The Morgan fingerprint density at radius 1 is 1.37 bits per heavy atom. The lowest BCUT2D eigenvalue weighted by molar-refractivity contribution is -0.121. The zero-order valence-corrected chi connectivity index (χ0v) is 10.3. The molecule has 19 heavy (non-hydrogen) atoms. The Hall–Kier alpha value is -2.56. The van der Waals surface area contributed by atoms with Crippen LogP contribution in [0.15, 0.2) is 43.1 Å². The molecule has 1 heterocycles. The molecule has 98 valence electrons. The number of hydrogen-bond donors (Lipinski definition) is 2. The summed E-state index contributed by atoms with van der Waals surface area (Å²) in [6.07, 6.45) is 3.30. The number of carbonyl (C=O) groups is 2. The second-order valence-electron chi connectivity index (χ2n) is 4.08. The van der Waals surface area contributed by atoms with Gasteiger partial charge in [0.05, 0.1) is 11.1 Å². The molecule has 0 spiro atoms. The average Bonchev–Trinajstić information content (AvgIpc) is 2.79. The zero-order valence-electron chi connectivity index (χ0n) is 10.3. The molecule has 2 aromatic rings. The van der Waals surface area contributed by atoms with Crippen LogP contribution in [0.1, 0.15) is 10.4 Å². The molecule has 0 bridgehead atoms. The fourth-order valence-electron chi connectivity index (χ4n) is 1.96. The number of hydrogen-bond acceptors (Lipinski definition) is 2. The Morgan fingerprint density at radius 2 is 2.16 bits per heavy atom. The van der Waals surface area contributed by atoms with Crippen molar-refractivity contribution in [2.24, 2.45) is 0 Å². The average molecular weight is 258 g/mol. The predicted molar refractivity (Wildman–Crippen MR) is 72.1 cm³/mol. The van der Waals surface area contributed by atoms with Gasteiger partial charge >= 0.3 is 5.97 Å². The van der Waals surface area contributed by atoms with Gasteiger partial charge in [-0.1, -0.05) is 18.2 Å².